The van der Waals surface area contributed by atoms with Crippen LogP contribution in [0.4, 0.5) is 19.0 Å². The van der Waals surface area contributed by atoms with Crippen LogP contribution in [0.3, 0.4) is 0 Å². The Bertz CT molecular complexity index is 928. The van der Waals surface area contributed by atoms with E-state index in [4.69, 9.17) is 11.6 Å². The van der Waals surface area contributed by atoms with Gasteiger partial charge in [0, 0.05) is 37.9 Å². The van der Waals surface area contributed by atoms with Crippen molar-refractivity contribution in [1.82, 2.24) is 9.88 Å². The molecule has 1 aliphatic heterocycles. The predicted octanol–water partition coefficient (Wildman–Crippen LogP) is 3.50. The minimum atomic E-state index is -4.51. The zero-order chi connectivity index (χ0) is 21.2. The Morgan fingerprint density at radius 3 is 2.34 bits per heavy atom. The van der Waals surface area contributed by atoms with Crippen LogP contribution >= 0.6 is 11.6 Å². The van der Waals surface area contributed by atoms with Crippen LogP contribution < -0.4 is 4.90 Å². The summed E-state index contributed by atoms with van der Waals surface area (Å²) in [4.78, 5) is 31.5. The molecule has 3 rings (SSSR count). The number of hydrogen-bond donors (Lipinski definition) is 0. The molecule has 0 unspecified atom stereocenters. The van der Waals surface area contributed by atoms with Gasteiger partial charge in [-0.15, -0.1) is 0 Å². The molecule has 1 fully saturated rings. The Balaban J connectivity index is 1.68. The number of benzene rings is 1. The Labute approximate surface area is 169 Å². The Hall–Kier alpha value is -2.81. The van der Waals surface area contributed by atoms with E-state index >= 15 is 0 Å². The maximum atomic E-state index is 12.8. The lowest BCUT2D eigenvalue weighted by Crippen LogP contribution is -2.49. The van der Waals surface area contributed by atoms with Gasteiger partial charge >= 0.3 is 12.1 Å². The van der Waals surface area contributed by atoms with Crippen LogP contribution in [-0.2, 0) is 10.9 Å². The lowest BCUT2D eigenvalue weighted by molar-refractivity contribution is -0.137. The van der Waals surface area contributed by atoms with Crippen molar-refractivity contribution < 1.29 is 27.5 Å². The molecule has 10 heteroatoms. The fraction of sp³-hybridized carbons (Fsp3) is 0.316. The summed E-state index contributed by atoms with van der Waals surface area (Å²) in [6.07, 6.45) is -3.77. The number of pyridine rings is 1. The van der Waals surface area contributed by atoms with Crippen LogP contribution in [0, 0.1) is 0 Å². The second-order valence-electron chi connectivity index (χ2n) is 6.38. The minimum Gasteiger partial charge on any atom is -0.465 e. The second kappa shape index (κ2) is 8.28. The summed E-state index contributed by atoms with van der Waals surface area (Å²) in [5.74, 6) is -0.533. The number of ether oxygens (including phenoxy) is 1. The van der Waals surface area contributed by atoms with Crippen molar-refractivity contribution in [2.45, 2.75) is 6.18 Å². The minimum absolute atomic E-state index is 0.0922. The fourth-order valence-electron chi connectivity index (χ4n) is 3.02. The van der Waals surface area contributed by atoms with E-state index in [2.05, 4.69) is 9.72 Å². The number of halogens is 4. The first-order valence-corrected chi connectivity index (χ1v) is 9.04. The molecule has 1 aliphatic rings. The van der Waals surface area contributed by atoms with Gasteiger partial charge in [0.1, 0.15) is 5.82 Å². The van der Waals surface area contributed by atoms with Crippen molar-refractivity contribution in [3.63, 3.8) is 0 Å². The van der Waals surface area contributed by atoms with Gasteiger partial charge in [-0.1, -0.05) is 17.7 Å². The molecule has 1 amide bonds. The quantitative estimate of drug-likeness (QED) is 0.701. The molecule has 154 valence electrons. The van der Waals surface area contributed by atoms with Crippen LogP contribution in [0.5, 0.6) is 0 Å². The van der Waals surface area contributed by atoms with Crippen LogP contribution in [0.2, 0.25) is 5.02 Å². The lowest BCUT2D eigenvalue weighted by atomic mass is 10.1. The standard InChI is InChI=1S/C19H17ClF3N3O3/c1-29-18(28)13-4-2-3-12(9-13)17(27)26-7-5-25(6-8-26)16-15(20)10-14(11-24-16)19(21,22)23/h2-4,9-11H,5-8H2,1H3. The molecule has 0 radical (unpaired) electrons. The molecule has 0 N–H and O–H groups in total. The third-order valence-electron chi connectivity index (χ3n) is 4.55. The highest BCUT2D eigenvalue weighted by Gasteiger charge is 2.32. The van der Waals surface area contributed by atoms with Gasteiger partial charge in [0.25, 0.3) is 5.91 Å². The van der Waals surface area contributed by atoms with Crippen molar-refractivity contribution >= 4 is 29.3 Å². The highest BCUT2D eigenvalue weighted by atomic mass is 35.5. The number of carbonyl (C=O) groups excluding carboxylic acids is 2. The van der Waals surface area contributed by atoms with Gasteiger partial charge in [-0.05, 0) is 24.3 Å². The number of carbonyl (C=O) groups is 2. The summed E-state index contributed by atoms with van der Waals surface area (Å²) in [5.41, 5.74) is -0.282. The molecule has 6 nitrogen and oxygen atoms in total. The summed E-state index contributed by atoms with van der Waals surface area (Å²) in [5, 5.41) is -0.0922. The SMILES string of the molecule is COC(=O)c1cccc(C(=O)N2CCN(c3ncc(C(F)(F)F)cc3Cl)CC2)c1. The first-order valence-electron chi connectivity index (χ1n) is 8.66. The summed E-state index contributed by atoms with van der Waals surface area (Å²) < 4.78 is 42.9. The number of piperazine rings is 1. The van der Waals surface area contributed by atoms with Gasteiger partial charge in [-0.25, -0.2) is 9.78 Å². The molecule has 1 saturated heterocycles. The first kappa shape index (κ1) is 20.9. The van der Waals surface area contributed by atoms with Crippen molar-refractivity contribution in [1.29, 1.82) is 0 Å². The van der Waals surface area contributed by atoms with Gasteiger partial charge in [0.05, 0.1) is 23.3 Å². The van der Waals surface area contributed by atoms with Crippen LogP contribution in [-0.4, -0.2) is 55.0 Å². The first-order chi connectivity index (χ1) is 13.7. The largest absolute Gasteiger partial charge is 0.465 e. The number of alkyl halides is 3. The average Bonchev–Trinajstić information content (AvgIpc) is 2.72. The normalized spacial score (nSPS) is 14.7. The summed E-state index contributed by atoms with van der Waals surface area (Å²) in [7, 11) is 1.26. The van der Waals surface area contributed by atoms with E-state index in [1.165, 1.54) is 13.2 Å². The van der Waals surface area contributed by atoms with E-state index in [1.54, 1.807) is 28.0 Å². The number of anilines is 1. The Kier molecular flexibility index (Phi) is 5.97. The molecule has 0 atom stereocenters. The smallest absolute Gasteiger partial charge is 0.417 e. The number of amides is 1. The molecule has 29 heavy (non-hydrogen) atoms. The molecule has 0 bridgehead atoms. The van der Waals surface area contributed by atoms with Crippen LogP contribution in [0.15, 0.2) is 36.5 Å². The van der Waals surface area contributed by atoms with Crippen molar-refractivity contribution in [3.8, 4) is 0 Å². The molecule has 1 aromatic carbocycles. The van der Waals surface area contributed by atoms with Gasteiger partial charge in [0.15, 0.2) is 0 Å². The van der Waals surface area contributed by atoms with E-state index in [0.29, 0.717) is 31.7 Å². The molecule has 2 heterocycles. The van der Waals surface area contributed by atoms with Gasteiger partial charge < -0.3 is 14.5 Å². The summed E-state index contributed by atoms with van der Waals surface area (Å²) in [6, 6.07) is 7.07. The molecule has 0 saturated carbocycles. The zero-order valence-corrected chi connectivity index (χ0v) is 16.1. The van der Waals surface area contributed by atoms with E-state index in [-0.39, 0.29) is 22.3 Å². The van der Waals surface area contributed by atoms with E-state index in [0.717, 1.165) is 12.3 Å². The van der Waals surface area contributed by atoms with Crippen LogP contribution in [0.25, 0.3) is 0 Å². The van der Waals surface area contributed by atoms with Crippen LogP contribution in [0.1, 0.15) is 26.3 Å². The maximum absolute atomic E-state index is 12.8. The van der Waals surface area contributed by atoms with Crippen molar-refractivity contribution in [2.24, 2.45) is 0 Å². The summed E-state index contributed by atoms with van der Waals surface area (Å²) in [6.45, 7) is 1.39. The van der Waals surface area contributed by atoms with Gasteiger partial charge in [-0.3, -0.25) is 4.79 Å². The van der Waals surface area contributed by atoms with Gasteiger partial charge in [-0.2, -0.15) is 13.2 Å². The Morgan fingerprint density at radius 1 is 1.10 bits per heavy atom. The molecule has 1 aromatic heterocycles. The maximum Gasteiger partial charge on any atom is 0.417 e. The second-order valence-corrected chi connectivity index (χ2v) is 6.79. The third kappa shape index (κ3) is 4.61. The number of methoxy groups -OCH3 is 1. The average molecular weight is 428 g/mol. The van der Waals surface area contributed by atoms with Gasteiger partial charge in [0.2, 0.25) is 0 Å². The highest BCUT2D eigenvalue weighted by Crippen LogP contribution is 2.33. The molecule has 0 spiro atoms. The molecular formula is C19H17ClF3N3O3. The van der Waals surface area contributed by atoms with E-state index in [1.807, 2.05) is 0 Å². The summed E-state index contributed by atoms with van der Waals surface area (Å²) >= 11 is 6.00. The number of nitrogens with zero attached hydrogens (tertiary/aromatic N) is 3. The van der Waals surface area contributed by atoms with E-state index < -0.39 is 17.7 Å². The highest BCUT2D eigenvalue weighted by molar-refractivity contribution is 6.33. The predicted molar refractivity (Wildman–Crippen MR) is 100 cm³/mol. The zero-order valence-electron chi connectivity index (χ0n) is 15.4. The monoisotopic (exact) mass is 427 g/mol. The molecule has 0 aliphatic carbocycles. The Morgan fingerprint density at radius 2 is 1.76 bits per heavy atom. The fourth-order valence-corrected chi connectivity index (χ4v) is 3.31. The molecular weight excluding hydrogens is 411 g/mol. The topological polar surface area (TPSA) is 62.7 Å². The third-order valence-corrected chi connectivity index (χ3v) is 4.82. The number of esters is 1. The molecule has 2 aromatic rings. The van der Waals surface area contributed by atoms with Crippen molar-refractivity contribution in [2.75, 3.05) is 38.2 Å². The number of aromatic nitrogens is 1. The number of rotatable bonds is 3. The van der Waals surface area contributed by atoms with Crippen molar-refractivity contribution in [3.05, 3.63) is 58.2 Å². The lowest BCUT2D eigenvalue weighted by Gasteiger charge is -2.36. The van der Waals surface area contributed by atoms with E-state index in [9.17, 15) is 22.8 Å². The number of hydrogen-bond acceptors (Lipinski definition) is 5.